The van der Waals surface area contributed by atoms with Gasteiger partial charge in [-0.3, -0.25) is 0 Å². The molecule has 0 radical (unpaired) electrons. The van der Waals surface area contributed by atoms with Gasteiger partial charge in [0, 0.05) is 0 Å². The second kappa shape index (κ2) is 13.2. The van der Waals surface area contributed by atoms with E-state index in [1.54, 1.807) is 83.1 Å². The Bertz CT molecular complexity index is 130. The second-order valence-electron chi connectivity index (χ2n) is 8.45. The first-order valence-corrected chi connectivity index (χ1v) is 6.82. The summed E-state index contributed by atoms with van der Waals surface area (Å²) in [6, 6.07) is 0. The quantitative estimate of drug-likeness (QED) is 0.611. The summed E-state index contributed by atoms with van der Waals surface area (Å²) in [5.41, 5.74) is -3.00. The summed E-state index contributed by atoms with van der Waals surface area (Å²) >= 11 is 0. The normalized spacial score (nSPS) is 11.4. The van der Waals surface area contributed by atoms with E-state index in [1.165, 1.54) is 0 Å². The van der Waals surface area contributed by atoms with Gasteiger partial charge in [-0.1, -0.05) is 83.1 Å². The Kier molecular flexibility index (Phi) is 20.9. The number of rotatable bonds is 0. The van der Waals surface area contributed by atoms with Crippen molar-refractivity contribution in [2.24, 2.45) is 0 Å². The maximum absolute atomic E-state index is 10.1. The van der Waals surface area contributed by atoms with E-state index in [4.69, 9.17) is 0 Å². The molecule has 0 N–H and O–H groups in total. The Hall–Kier alpha value is 0.723. The Labute approximate surface area is 152 Å². The van der Waals surface area contributed by atoms with Crippen LogP contribution in [0.25, 0.3) is 0 Å². The Balaban J connectivity index is -0.0000000533. The minimum absolute atomic E-state index is 0. The van der Waals surface area contributed by atoms with Crippen LogP contribution in [-0.4, -0.2) is 22.4 Å². The zero-order valence-corrected chi connectivity index (χ0v) is 18.6. The van der Waals surface area contributed by atoms with Crippen LogP contribution in [0, 0.1) is 0 Å². The van der Waals surface area contributed by atoms with Crippen LogP contribution in [-0.2, 0) is 26.2 Å². The molecule has 0 unspecified atom stereocenters. The topological polar surface area (TPSA) is 92.2 Å². The van der Waals surface area contributed by atoms with Gasteiger partial charge in [-0.25, -0.2) is 0 Å². The van der Waals surface area contributed by atoms with Crippen LogP contribution in [0.15, 0.2) is 0 Å². The van der Waals surface area contributed by atoms with Gasteiger partial charge in [-0.2, -0.15) is 0 Å². The van der Waals surface area contributed by atoms with Gasteiger partial charge < -0.3 is 20.4 Å². The van der Waals surface area contributed by atoms with Crippen molar-refractivity contribution < 1.29 is 46.6 Å². The Morgan fingerprint density at radius 2 is 0.333 bits per heavy atom. The summed E-state index contributed by atoms with van der Waals surface area (Å²) in [6.07, 6.45) is 0. The van der Waals surface area contributed by atoms with Crippen molar-refractivity contribution in [1.82, 2.24) is 0 Å². The minimum Gasteiger partial charge on any atom is -0.850 e. The molecule has 0 atom stereocenters. The third-order valence-corrected chi connectivity index (χ3v) is 0. The molecule has 0 bridgehead atoms. The van der Waals surface area contributed by atoms with Crippen LogP contribution in [0.2, 0.25) is 0 Å². The molecular formula is C16H36O4Zr. The first-order chi connectivity index (χ1) is 8.00. The van der Waals surface area contributed by atoms with Crippen molar-refractivity contribution in [3.63, 3.8) is 0 Å². The molecule has 5 heteroatoms. The fourth-order valence-electron chi connectivity index (χ4n) is 0. The van der Waals surface area contributed by atoms with E-state index in [0.717, 1.165) is 0 Å². The zero-order valence-electron chi connectivity index (χ0n) is 16.1. The molecule has 0 aliphatic rings. The van der Waals surface area contributed by atoms with Crippen molar-refractivity contribution in [2.75, 3.05) is 0 Å². The molecule has 0 aliphatic carbocycles. The first-order valence-electron chi connectivity index (χ1n) is 6.82. The van der Waals surface area contributed by atoms with Crippen LogP contribution >= 0.6 is 0 Å². The molecule has 0 aromatic carbocycles. The molecule has 0 amide bonds. The smallest absolute Gasteiger partial charge is 0.850 e. The Morgan fingerprint density at radius 1 is 0.333 bits per heavy atom. The molecule has 0 aliphatic heterocycles. The molecule has 128 valence electrons. The molecule has 0 saturated carbocycles. The molecule has 0 heterocycles. The zero-order chi connectivity index (χ0) is 18.0. The standard InChI is InChI=1S/4C4H9O.Zr/c4*1-4(2,3)5;/h4*1-3H3;/q4*-1;+4. The number of hydrogen-bond acceptors (Lipinski definition) is 4. The molecule has 0 saturated heterocycles. The van der Waals surface area contributed by atoms with Crippen LogP contribution < -0.4 is 20.4 Å². The maximum atomic E-state index is 10.1. The maximum Gasteiger partial charge on any atom is 4.00 e. The fraction of sp³-hybridized carbons (Fsp3) is 1.00. The molecule has 4 nitrogen and oxygen atoms in total. The Morgan fingerprint density at radius 3 is 0.333 bits per heavy atom. The molecule has 0 fully saturated rings. The molecule has 0 spiro atoms. The van der Waals surface area contributed by atoms with Crippen LogP contribution in [0.5, 0.6) is 0 Å². The molecule has 21 heavy (non-hydrogen) atoms. The summed E-state index contributed by atoms with van der Waals surface area (Å²) in [5, 5.41) is 40.4. The van der Waals surface area contributed by atoms with Crippen LogP contribution in [0.4, 0.5) is 0 Å². The van der Waals surface area contributed by atoms with Crippen LogP contribution in [0.3, 0.4) is 0 Å². The van der Waals surface area contributed by atoms with E-state index >= 15 is 0 Å². The van der Waals surface area contributed by atoms with Gasteiger partial charge in [-0.15, -0.1) is 22.4 Å². The predicted octanol–water partition coefficient (Wildman–Crippen LogP) is 0.578. The summed E-state index contributed by atoms with van der Waals surface area (Å²) in [5.74, 6) is 0. The van der Waals surface area contributed by atoms with Crippen molar-refractivity contribution in [3.05, 3.63) is 0 Å². The van der Waals surface area contributed by atoms with Gasteiger partial charge in [0.15, 0.2) is 0 Å². The van der Waals surface area contributed by atoms with Crippen molar-refractivity contribution in [2.45, 2.75) is 105 Å². The van der Waals surface area contributed by atoms with Gasteiger partial charge in [0.2, 0.25) is 0 Å². The van der Waals surface area contributed by atoms with Gasteiger partial charge in [0.05, 0.1) is 0 Å². The summed E-state index contributed by atoms with van der Waals surface area (Å²) < 4.78 is 0. The van der Waals surface area contributed by atoms with Crippen LogP contribution in [0.1, 0.15) is 83.1 Å². The van der Waals surface area contributed by atoms with Gasteiger partial charge >= 0.3 is 26.2 Å². The second-order valence-corrected chi connectivity index (χ2v) is 8.45. The van der Waals surface area contributed by atoms with Crippen molar-refractivity contribution in [1.29, 1.82) is 0 Å². The average Bonchev–Trinajstić information content (AvgIpc) is 1.62. The van der Waals surface area contributed by atoms with E-state index < -0.39 is 22.4 Å². The third-order valence-electron chi connectivity index (χ3n) is 0. The molecule has 0 aromatic heterocycles. The fourth-order valence-corrected chi connectivity index (χ4v) is 0. The third kappa shape index (κ3) is 13900. The van der Waals surface area contributed by atoms with E-state index in [0.29, 0.717) is 0 Å². The first kappa shape index (κ1) is 33.4. The monoisotopic (exact) mass is 382 g/mol. The summed E-state index contributed by atoms with van der Waals surface area (Å²) in [4.78, 5) is 0. The van der Waals surface area contributed by atoms with E-state index in [-0.39, 0.29) is 26.2 Å². The minimum atomic E-state index is -0.750. The van der Waals surface area contributed by atoms with Gasteiger partial charge in [0.1, 0.15) is 0 Å². The van der Waals surface area contributed by atoms with Gasteiger partial charge in [0.25, 0.3) is 0 Å². The van der Waals surface area contributed by atoms with E-state index in [2.05, 4.69) is 0 Å². The van der Waals surface area contributed by atoms with Crippen molar-refractivity contribution in [3.8, 4) is 0 Å². The SMILES string of the molecule is CC(C)(C)[O-].CC(C)(C)[O-].CC(C)(C)[O-].CC(C)(C)[O-].[Zr+4]. The predicted molar refractivity (Wildman–Crippen MR) is 79.0 cm³/mol. The number of hydrogen-bond donors (Lipinski definition) is 0. The van der Waals surface area contributed by atoms with Crippen molar-refractivity contribution >= 4 is 0 Å². The average molecular weight is 384 g/mol. The van der Waals surface area contributed by atoms with E-state index in [9.17, 15) is 20.4 Å². The summed E-state index contributed by atoms with van der Waals surface area (Å²) in [6.45, 7) is 19.6. The van der Waals surface area contributed by atoms with Gasteiger partial charge in [-0.05, 0) is 0 Å². The summed E-state index contributed by atoms with van der Waals surface area (Å²) in [7, 11) is 0. The van der Waals surface area contributed by atoms with E-state index in [1.807, 2.05) is 0 Å². The molecular weight excluding hydrogens is 347 g/mol. The largest absolute Gasteiger partial charge is 4.00 e. The molecule has 0 aromatic rings. The molecule has 0 rings (SSSR count).